The molecule has 96 valence electrons. The monoisotopic (exact) mass is 260 g/mol. The van der Waals surface area contributed by atoms with E-state index in [2.05, 4.69) is 24.3 Å². The number of Topliss-reactive ketones (excluding diaryl/α,β-unsaturated/α-hetero) is 1. The lowest BCUT2D eigenvalue weighted by molar-refractivity contribution is -0.114. The smallest absolute Gasteiger partial charge is 0.201 e. The van der Waals surface area contributed by atoms with Gasteiger partial charge in [0.2, 0.25) is 5.78 Å². The van der Waals surface area contributed by atoms with Gasteiger partial charge in [-0.3, -0.25) is 4.79 Å². The standard InChI is InChI=1S/C18H12O2/c19-17-8-7-13-9-15-12(10-16(13)18(17)20)6-5-11-3-1-2-4-14(11)15/h1-7,9-10,20H,8H2. The van der Waals surface area contributed by atoms with E-state index in [0.717, 1.165) is 16.0 Å². The molecule has 0 bridgehead atoms. The first kappa shape index (κ1) is 11.2. The van der Waals surface area contributed by atoms with Crippen molar-refractivity contribution in [3.05, 3.63) is 59.0 Å². The van der Waals surface area contributed by atoms with Gasteiger partial charge in [0.05, 0.1) is 0 Å². The van der Waals surface area contributed by atoms with Gasteiger partial charge < -0.3 is 5.11 Å². The Morgan fingerprint density at radius 2 is 1.70 bits per heavy atom. The fourth-order valence-corrected chi connectivity index (χ4v) is 2.89. The zero-order chi connectivity index (χ0) is 13.7. The van der Waals surface area contributed by atoms with Crippen molar-refractivity contribution in [1.29, 1.82) is 0 Å². The number of carbonyl (C=O) groups is 1. The number of hydrogen-bond acceptors (Lipinski definition) is 2. The summed E-state index contributed by atoms with van der Waals surface area (Å²) in [6, 6.07) is 16.3. The first-order valence-corrected chi connectivity index (χ1v) is 6.62. The Hall–Kier alpha value is -2.61. The third-order valence-corrected chi connectivity index (χ3v) is 3.94. The minimum atomic E-state index is -0.211. The lowest BCUT2D eigenvalue weighted by Gasteiger charge is -2.08. The number of aliphatic hydroxyl groups excluding tert-OH is 1. The van der Waals surface area contributed by atoms with Crippen molar-refractivity contribution in [1.82, 2.24) is 0 Å². The Balaban J connectivity index is 2.25. The molecule has 4 rings (SSSR count). The minimum absolute atomic E-state index is 0.113. The van der Waals surface area contributed by atoms with Crippen LogP contribution in [0.3, 0.4) is 0 Å². The maximum absolute atomic E-state index is 11.6. The van der Waals surface area contributed by atoms with Crippen LogP contribution in [0.5, 0.6) is 0 Å². The Kier molecular flexibility index (Phi) is 2.21. The molecule has 0 saturated heterocycles. The number of hydrogen-bond donors (Lipinski definition) is 1. The Morgan fingerprint density at radius 3 is 2.60 bits per heavy atom. The third kappa shape index (κ3) is 1.48. The minimum Gasteiger partial charge on any atom is -0.504 e. The molecular formula is C18H12O2. The molecule has 3 aromatic rings. The van der Waals surface area contributed by atoms with Crippen molar-refractivity contribution >= 4 is 39.2 Å². The van der Waals surface area contributed by atoms with Gasteiger partial charge in [0.25, 0.3) is 0 Å². The quantitative estimate of drug-likeness (QED) is 0.630. The summed E-state index contributed by atoms with van der Waals surface area (Å²) in [5, 5.41) is 16.1. The van der Waals surface area contributed by atoms with Crippen molar-refractivity contribution in [2.75, 3.05) is 0 Å². The van der Waals surface area contributed by atoms with E-state index in [4.69, 9.17) is 0 Å². The number of rotatable bonds is 0. The van der Waals surface area contributed by atoms with Crippen molar-refractivity contribution in [3.8, 4) is 0 Å². The average Bonchev–Trinajstić information content (AvgIpc) is 2.50. The van der Waals surface area contributed by atoms with E-state index in [1.807, 2.05) is 30.3 Å². The van der Waals surface area contributed by atoms with E-state index >= 15 is 0 Å². The molecule has 1 N–H and O–H groups in total. The molecule has 3 aromatic carbocycles. The first-order valence-electron chi connectivity index (χ1n) is 6.62. The maximum atomic E-state index is 11.6. The van der Waals surface area contributed by atoms with Gasteiger partial charge in [-0.1, -0.05) is 42.5 Å². The van der Waals surface area contributed by atoms with Gasteiger partial charge >= 0.3 is 0 Å². The molecular weight excluding hydrogens is 248 g/mol. The normalized spacial score (nSPS) is 14.4. The van der Waals surface area contributed by atoms with Gasteiger partial charge in [-0.15, -0.1) is 0 Å². The molecule has 0 fully saturated rings. The van der Waals surface area contributed by atoms with Gasteiger partial charge in [0.1, 0.15) is 0 Å². The van der Waals surface area contributed by atoms with Gasteiger partial charge in [0.15, 0.2) is 5.76 Å². The second-order valence-corrected chi connectivity index (χ2v) is 5.13. The fourth-order valence-electron chi connectivity index (χ4n) is 2.89. The summed E-state index contributed by atoms with van der Waals surface area (Å²) in [6.07, 6.45) is 2.16. The Morgan fingerprint density at radius 1 is 0.900 bits per heavy atom. The van der Waals surface area contributed by atoms with E-state index in [-0.39, 0.29) is 18.0 Å². The van der Waals surface area contributed by atoms with Crippen molar-refractivity contribution in [2.45, 2.75) is 6.42 Å². The average molecular weight is 260 g/mol. The molecule has 0 saturated carbocycles. The Labute approximate surface area is 115 Å². The molecule has 1 aliphatic carbocycles. The lowest BCUT2D eigenvalue weighted by atomic mass is 9.97. The zero-order valence-corrected chi connectivity index (χ0v) is 10.8. The molecule has 0 amide bonds. The van der Waals surface area contributed by atoms with Gasteiger partial charge in [-0.25, -0.2) is 0 Å². The first-order chi connectivity index (χ1) is 9.74. The molecule has 0 radical (unpaired) electrons. The van der Waals surface area contributed by atoms with Crippen LogP contribution in [-0.2, 0) is 4.79 Å². The molecule has 0 aliphatic heterocycles. The number of aliphatic hydroxyl groups is 1. The van der Waals surface area contributed by atoms with E-state index in [1.165, 1.54) is 10.8 Å². The van der Waals surface area contributed by atoms with Gasteiger partial charge in [0, 0.05) is 11.6 Å². The van der Waals surface area contributed by atoms with Crippen LogP contribution >= 0.6 is 0 Å². The molecule has 1 aliphatic rings. The van der Waals surface area contributed by atoms with Crippen molar-refractivity contribution in [2.24, 2.45) is 0 Å². The van der Waals surface area contributed by atoms with Crippen molar-refractivity contribution in [3.63, 3.8) is 0 Å². The van der Waals surface area contributed by atoms with Crippen LogP contribution in [0.1, 0.15) is 6.42 Å². The van der Waals surface area contributed by atoms with E-state index in [9.17, 15) is 9.90 Å². The van der Waals surface area contributed by atoms with Crippen LogP contribution in [0, 0.1) is 0 Å². The highest BCUT2D eigenvalue weighted by Gasteiger charge is 2.13. The highest BCUT2D eigenvalue weighted by molar-refractivity contribution is 6.15. The maximum Gasteiger partial charge on any atom is 0.201 e. The van der Waals surface area contributed by atoms with Crippen LogP contribution in [0.15, 0.2) is 48.5 Å². The largest absolute Gasteiger partial charge is 0.504 e. The summed E-state index contributed by atoms with van der Waals surface area (Å²) in [4.78, 5) is 11.6. The SMILES string of the molecule is O=C1CC=c2cc3c(ccc4ccccc43)cc2=C1O. The molecule has 2 nitrogen and oxygen atoms in total. The van der Waals surface area contributed by atoms with Crippen LogP contribution in [0.2, 0.25) is 0 Å². The predicted octanol–water partition coefficient (Wildman–Crippen LogP) is 2.41. The molecule has 0 heterocycles. The second-order valence-electron chi connectivity index (χ2n) is 5.13. The van der Waals surface area contributed by atoms with Crippen LogP contribution in [0.25, 0.3) is 33.4 Å². The second kappa shape index (κ2) is 3.94. The third-order valence-electron chi connectivity index (χ3n) is 3.94. The molecule has 0 atom stereocenters. The van der Waals surface area contributed by atoms with Gasteiger partial charge in [-0.05, 0) is 38.9 Å². The van der Waals surface area contributed by atoms with Crippen LogP contribution < -0.4 is 10.4 Å². The summed E-state index contributed by atoms with van der Waals surface area (Å²) in [7, 11) is 0. The molecule has 0 aromatic heterocycles. The van der Waals surface area contributed by atoms with Crippen molar-refractivity contribution < 1.29 is 9.90 Å². The number of fused-ring (bicyclic) bond motifs is 4. The predicted molar refractivity (Wildman–Crippen MR) is 80.8 cm³/mol. The summed E-state index contributed by atoms with van der Waals surface area (Å²) < 4.78 is 0. The molecule has 2 heteroatoms. The highest BCUT2D eigenvalue weighted by Crippen LogP contribution is 2.23. The van der Waals surface area contributed by atoms with Gasteiger partial charge in [-0.2, -0.15) is 0 Å². The summed E-state index contributed by atoms with van der Waals surface area (Å²) in [6.45, 7) is 0. The zero-order valence-electron chi connectivity index (χ0n) is 10.8. The number of ketones is 1. The summed E-state index contributed by atoms with van der Waals surface area (Å²) in [5.41, 5.74) is 0. The van der Waals surface area contributed by atoms with Crippen LogP contribution in [0.4, 0.5) is 0 Å². The Bertz CT molecular complexity index is 997. The summed E-state index contributed by atoms with van der Waals surface area (Å²) >= 11 is 0. The molecule has 0 spiro atoms. The lowest BCUT2D eigenvalue weighted by Crippen LogP contribution is -2.32. The van der Waals surface area contributed by atoms with Crippen LogP contribution in [-0.4, -0.2) is 10.9 Å². The molecule has 0 unspecified atom stereocenters. The van der Waals surface area contributed by atoms with E-state index in [0.29, 0.717) is 5.22 Å². The fraction of sp³-hybridized carbons (Fsp3) is 0.0556. The highest BCUT2D eigenvalue weighted by atomic mass is 16.3. The summed E-state index contributed by atoms with van der Waals surface area (Å²) in [5.74, 6) is -0.324. The molecule has 20 heavy (non-hydrogen) atoms. The van der Waals surface area contributed by atoms with E-state index < -0.39 is 0 Å². The number of benzene rings is 3. The topological polar surface area (TPSA) is 37.3 Å². The number of carbonyl (C=O) groups excluding carboxylic acids is 1. The van der Waals surface area contributed by atoms with E-state index in [1.54, 1.807) is 0 Å².